The maximum atomic E-state index is 12.6. The van der Waals surface area contributed by atoms with E-state index in [9.17, 15) is 9.90 Å². The molecule has 112 valence electrons. The Morgan fingerprint density at radius 1 is 1.62 bits per heavy atom. The van der Waals surface area contributed by atoms with Crippen molar-refractivity contribution in [3.05, 3.63) is 29.7 Å². The number of thiazole rings is 1. The number of nitrogens with zero attached hydrogens (tertiary/aromatic N) is 2. The Morgan fingerprint density at radius 2 is 2.48 bits per heavy atom. The maximum absolute atomic E-state index is 12.6. The molecule has 1 fully saturated rings. The third kappa shape index (κ3) is 2.73. The molecule has 0 aromatic carbocycles. The van der Waals surface area contributed by atoms with Crippen molar-refractivity contribution in [3.8, 4) is 10.6 Å². The number of rotatable bonds is 3. The largest absolute Gasteiger partial charge is 0.472 e. The van der Waals surface area contributed by atoms with E-state index in [1.807, 2.05) is 6.07 Å². The van der Waals surface area contributed by atoms with E-state index in [0.29, 0.717) is 18.2 Å². The molecule has 0 bridgehead atoms. The molecule has 0 radical (unpaired) electrons. The van der Waals surface area contributed by atoms with Crippen LogP contribution in [0.3, 0.4) is 0 Å². The Morgan fingerprint density at radius 3 is 3.19 bits per heavy atom. The summed E-state index contributed by atoms with van der Waals surface area (Å²) in [5.74, 6) is 0.228. The van der Waals surface area contributed by atoms with Crippen molar-refractivity contribution >= 4 is 17.2 Å². The van der Waals surface area contributed by atoms with E-state index in [2.05, 4.69) is 11.9 Å². The first kappa shape index (κ1) is 14.3. The lowest BCUT2D eigenvalue weighted by Crippen LogP contribution is -2.49. The molecule has 2 aromatic heterocycles. The van der Waals surface area contributed by atoms with Gasteiger partial charge in [-0.2, -0.15) is 0 Å². The number of amides is 1. The smallest absolute Gasteiger partial charge is 0.273 e. The molecular formula is C15H18N2O3S. The molecule has 1 amide bonds. The minimum Gasteiger partial charge on any atom is -0.472 e. The molecule has 1 aliphatic heterocycles. The van der Waals surface area contributed by atoms with Crippen LogP contribution in [0.25, 0.3) is 10.6 Å². The second kappa shape index (κ2) is 5.99. The Kier molecular flexibility index (Phi) is 4.07. The van der Waals surface area contributed by atoms with E-state index in [4.69, 9.17) is 4.42 Å². The van der Waals surface area contributed by atoms with Crippen molar-refractivity contribution in [2.75, 3.05) is 13.2 Å². The molecule has 5 nitrogen and oxygen atoms in total. The molecule has 0 spiro atoms. The molecule has 2 aromatic rings. The monoisotopic (exact) mass is 306 g/mol. The van der Waals surface area contributed by atoms with Crippen LogP contribution in [-0.4, -0.2) is 40.1 Å². The molecule has 2 atom stereocenters. The highest BCUT2D eigenvalue weighted by molar-refractivity contribution is 7.13. The van der Waals surface area contributed by atoms with Crippen LogP contribution >= 0.6 is 11.3 Å². The van der Waals surface area contributed by atoms with Crippen LogP contribution in [0.15, 0.2) is 28.4 Å². The number of aromatic nitrogens is 1. The SMILES string of the molecule is CC1CCCN(C(=O)c2csc(-c3ccoc3)n2)C1CO. The van der Waals surface area contributed by atoms with E-state index in [1.54, 1.807) is 22.8 Å². The fraction of sp³-hybridized carbons (Fsp3) is 0.467. The fourth-order valence-electron chi connectivity index (χ4n) is 2.82. The van der Waals surface area contributed by atoms with Gasteiger partial charge in [-0.15, -0.1) is 11.3 Å². The second-order valence-electron chi connectivity index (χ2n) is 5.42. The quantitative estimate of drug-likeness (QED) is 0.946. The van der Waals surface area contributed by atoms with Gasteiger partial charge < -0.3 is 14.4 Å². The van der Waals surface area contributed by atoms with Crippen molar-refractivity contribution < 1.29 is 14.3 Å². The number of aliphatic hydroxyl groups is 1. The van der Waals surface area contributed by atoms with Gasteiger partial charge in [-0.05, 0) is 24.8 Å². The zero-order valence-corrected chi connectivity index (χ0v) is 12.7. The number of hydrogen-bond acceptors (Lipinski definition) is 5. The minimum atomic E-state index is -0.106. The number of likely N-dealkylation sites (tertiary alicyclic amines) is 1. The minimum absolute atomic E-state index is 0.00559. The Hall–Kier alpha value is -1.66. The van der Waals surface area contributed by atoms with Crippen molar-refractivity contribution in [3.63, 3.8) is 0 Å². The maximum Gasteiger partial charge on any atom is 0.273 e. The Balaban J connectivity index is 1.81. The van der Waals surface area contributed by atoms with Crippen LogP contribution in [0.1, 0.15) is 30.3 Å². The van der Waals surface area contributed by atoms with Gasteiger partial charge >= 0.3 is 0 Å². The summed E-state index contributed by atoms with van der Waals surface area (Å²) in [6.07, 6.45) is 5.23. The zero-order chi connectivity index (χ0) is 14.8. The summed E-state index contributed by atoms with van der Waals surface area (Å²) in [4.78, 5) is 18.8. The highest BCUT2D eigenvalue weighted by Gasteiger charge is 2.32. The molecule has 2 unspecified atom stereocenters. The average molecular weight is 306 g/mol. The molecule has 1 saturated heterocycles. The van der Waals surface area contributed by atoms with Crippen molar-refractivity contribution in [2.45, 2.75) is 25.8 Å². The van der Waals surface area contributed by atoms with Gasteiger partial charge in [-0.3, -0.25) is 4.79 Å². The predicted molar refractivity (Wildman–Crippen MR) is 80.1 cm³/mol. The van der Waals surface area contributed by atoms with E-state index < -0.39 is 0 Å². The van der Waals surface area contributed by atoms with Gasteiger partial charge in [0.05, 0.1) is 18.9 Å². The van der Waals surface area contributed by atoms with Crippen LogP contribution in [-0.2, 0) is 0 Å². The summed E-state index contributed by atoms with van der Waals surface area (Å²) in [5, 5.41) is 12.1. The van der Waals surface area contributed by atoms with Crippen LogP contribution < -0.4 is 0 Å². The number of carbonyl (C=O) groups is 1. The molecule has 6 heteroatoms. The molecule has 0 aliphatic carbocycles. The van der Waals surface area contributed by atoms with Gasteiger partial charge in [0.1, 0.15) is 17.0 Å². The lowest BCUT2D eigenvalue weighted by Gasteiger charge is -2.38. The fourth-order valence-corrected chi connectivity index (χ4v) is 3.60. The normalized spacial score (nSPS) is 22.5. The molecule has 1 aliphatic rings. The van der Waals surface area contributed by atoms with Crippen molar-refractivity contribution in [2.24, 2.45) is 5.92 Å². The summed E-state index contributed by atoms with van der Waals surface area (Å²) in [5.41, 5.74) is 1.33. The highest BCUT2D eigenvalue weighted by atomic mass is 32.1. The van der Waals surface area contributed by atoms with Gasteiger partial charge in [0.2, 0.25) is 0 Å². The summed E-state index contributed by atoms with van der Waals surface area (Å²) in [6, 6.07) is 1.72. The number of piperidine rings is 1. The van der Waals surface area contributed by atoms with Gasteiger partial charge in [0.15, 0.2) is 0 Å². The standard InChI is InChI=1S/C15H18N2O3S/c1-10-3-2-5-17(13(10)7-18)15(19)12-9-21-14(16-12)11-4-6-20-8-11/h4,6,8-10,13,18H,2-3,5,7H2,1H3. The summed E-state index contributed by atoms with van der Waals surface area (Å²) in [6.45, 7) is 2.77. The average Bonchev–Trinajstić information content (AvgIpc) is 3.16. The number of hydrogen-bond donors (Lipinski definition) is 1. The lowest BCUT2D eigenvalue weighted by molar-refractivity contribution is 0.0354. The first-order chi connectivity index (χ1) is 10.2. The lowest BCUT2D eigenvalue weighted by atomic mass is 9.91. The Labute approximate surface area is 127 Å². The molecular weight excluding hydrogens is 288 g/mol. The predicted octanol–water partition coefficient (Wildman–Crippen LogP) is 2.64. The first-order valence-electron chi connectivity index (χ1n) is 7.10. The van der Waals surface area contributed by atoms with Gasteiger partial charge in [0, 0.05) is 17.5 Å². The van der Waals surface area contributed by atoms with Crippen LogP contribution in [0.4, 0.5) is 0 Å². The van der Waals surface area contributed by atoms with Crippen LogP contribution in [0, 0.1) is 5.92 Å². The van der Waals surface area contributed by atoms with E-state index in [-0.39, 0.29) is 18.6 Å². The number of carbonyl (C=O) groups excluding carboxylic acids is 1. The molecule has 3 heterocycles. The topological polar surface area (TPSA) is 66.6 Å². The second-order valence-corrected chi connectivity index (χ2v) is 6.28. The molecule has 3 rings (SSSR count). The van der Waals surface area contributed by atoms with Gasteiger partial charge in [0.25, 0.3) is 5.91 Å². The summed E-state index contributed by atoms with van der Waals surface area (Å²) >= 11 is 1.43. The van der Waals surface area contributed by atoms with E-state index in [0.717, 1.165) is 23.4 Å². The number of furan rings is 1. The molecule has 0 saturated carbocycles. The van der Waals surface area contributed by atoms with Gasteiger partial charge in [-0.1, -0.05) is 6.92 Å². The summed E-state index contributed by atoms with van der Waals surface area (Å²) < 4.78 is 5.04. The first-order valence-corrected chi connectivity index (χ1v) is 7.98. The van der Waals surface area contributed by atoms with Gasteiger partial charge in [-0.25, -0.2) is 4.98 Å². The third-order valence-corrected chi connectivity index (χ3v) is 4.95. The highest BCUT2D eigenvalue weighted by Crippen LogP contribution is 2.28. The number of aliphatic hydroxyl groups excluding tert-OH is 1. The van der Waals surface area contributed by atoms with E-state index >= 15 is 0 Å². The third-order valence-electron chi connectivity index (χ3n) is 4.06. The zero-order valence-electron chi connectivity index (χ0n) is 11.9. The Bertz CT molecular complexity index is 608. The van der Waals surface area contributed by atoms with E-state index in [1.165, 1.54) is 11.3 Å². The molecule has 1 N–H and O–H groups in total. The van der Waals surface area contributed by atoms with Crippen molar-refractivity contribution in [1.29, 1.82) is 0 Å². The van der Waals surface area contributed by atoms with Crippen molar-refractivity contribution in [1.82, 2.24) is 9.88 Å². The van der Waals surface area contributed by atoms with Crippen LogP contribution in [0.5, 0.6) is 0 Å². The summed E-state index contributed by atoms with van der Waals surface area (Å²) in [7, 11) is 0. The van der Waals surface area contributed by atoms with Crippen LogP contribution in [0.2, 0.25) is 0 Å². The molecule has 21 heavy (non-hydrogen) atoms.